The monoisotopic (exact) mass is 460 g/mol. The minimum atomic E-state index is -1.50. The molecule has 9 heteroatoms. The van der Waals surface area contributed by atoms with Gasteiger partial charge in [-0.2, -0.15) is 0 Å². The van der Waals surface area contributed by atoms with Crippen LogP contribution in [0.15, 0.2) is 22.7 Å². The Hall–Kier alpha value is -2.52. The summed E-state index contributed by atoms with van der Waals surface area (Å²) >= 11 is 0. The lowest BCUT2D eigenvalue weighted by Crippen LogP contribution is -2.59. The molecule has 2 aliphatic heterocycles. The highest BCUT2D eigenvalue weighted by Crippen LogP contribution is 2.32. The summed E-state index contributed by atoms with van der Waals surface area (Å²) in [5.41, 5.74) is -0.126. The topological polar surface area (TPSA) is 90.1 Å². The fourth-order valence-corrected chi connectivity index (χ4v) is 5.09. The van der Waals surface area contributed by atoms with Crippen molar-refractivity contribution in [3.8, 4) is 0 Å². The lowest BCUT2D eigenvalue weighted by molar-refractivity contribution is -0.160. The summed E-state index contributed by atoms with van der Waals surface area (Å²) in [6, 6.07) is 4.54. The number of likely N-dealkylation sites (tertiary alicyclic amines) is 2. The molecule has 2 aromatic rings. The molecule has 1 aromatic heterocycles. The first-order valence-electron chi connectivity index (χ1n) is 11.8. The summed E-state index contributed by atoms with van der Waals surface area (Å²) in [5, 5.41) is 16.1. The maximum Gasteiger partial charge on any atom is 0.256 e. The predicted octanol–water partition coefficient (Wildman–Crippen LogP) is 2.37. The maximum atomic E-state index is 13.4. The number of fused-ring (bicyclic) bond motifs is 1. The van der Waals surface area contributed by atoms with E-state index in [4.69, 9.17) is 4.52 Å². The number of benzene rings is 1. The molecule has 1 N–H and O–H groups in total. The van der Waals surface area contributed by atoms with Gasteiger partial charge < -0.3 is 24.3 Å². The third-order valence-corrected chi connectivity index (χ3v) is 7.11. The van der Waals surface area contributed by atoms with Gasteiger partial charge in [0.1, 0.15) is 5.82 Å². The average Bonchev–Trinajstić information content (AvgIpc) is 3.22. The number of amides is 2. The molecule has 33 heavy (non-hydrogen) atoms. The number of halogens is 1. The van der Waals surface area contributed by atoms with Crippen molar-refractivity contribution in [2.75, 3.05) is 45.8 Å². The van der Waals surface area contributed by atoms with E-state index < -0.39 is 5.60 Å². The Labute approximate surface area is 193 Å². The Kier molecular flexibility index (Phi) is 6.99. The molecule has 180 valence electrons. The summed E-state index contributed by atoms with van der Waals surface area (Å²) in [7, 11) is 0. The number of hydrogen-bond acceptors (Lipinski definition) is 6. The van der Waals surface area contributed by atoms with Crippen molar-refractivity contribution >= 4 is 22.8 Å². The molecule has 2 saturated heterocycles. The van der Waals surface area contributed by atoms with Crippen molar-refractivity contribution in [2.24, 2.45) is 0 Å². The van der Waals surface area contributed by atoms with Crippen LogP contribution in [0.3, 0.4) is 0 Å². The highest BCUT2D eigenvalue weighted by Gasteiger charge is 2.43. The summed E-state index contributed by atoms with van der Waals surface area (Å²) in [5.74, 6) is -0.469. The van der Waals surface area contributed by atoms with Crippen LogP contribution in [0.4, 0.5) is 4.39 Å². The van der Waals surface area contributed by atoms with E-state index in [1.165, 1.54) is 19.1 Å². The zero-order valence-electron chi connectivity index (χ0n) is 19.4. The average molecular weight is 461 g/mol. The molecule has 0 saturated carbocycles. The van der Waals surface area contributed by atoms with E-state index in [9.17, 15) is 19.1 Å². The van der Waals surface area contributed by atoms with Gasteiger partial charge in [-0.05, 0) is 57.8 Å². The second kappa shape index (κ2) is 9.77. The van der Waals surface area contributed by atoms with Crippen LogP contribution in [0.5, 0.6) is 0 Å². The first-order chi connectivity index (χ1) is 15.8. The zero-order valence-corrected chi connectivity index (χ0v) is 19.4. The molecule has 2 fully saturated rings. The lowest BCUT2D eigenvalue weighted by atomic mass is 9.91. The first kappa shape index (κ1) is 23.6. The van der Waals surface area contributed by atoms with Crippen molar-refractivity contribution in [1.29, 1.82) is 0 Å². The molecule has 0 aliphatic carbocycles. The summed E-state index contributed by atoms with van der Waals surface area (Å²) < 4.78 is 18.7. The van der Waals surface area contributed by atoms with E-state index in [0.29, 0.717) is 38.1 Å². The second-order valence-electron chi connectivity index (χ2n) is 9.28. The van der Waals surface area contributed by atoms with E-state index in [2.05, 4.69) is 10.1 Å². The van der Waals surface area contributed by atoms with E-state index in [0.717, 1.165) is 43.6 Å². The Balaban J connectivity index is 1.31. The maximum absolute atomic E-state index is 13.4. The van der Waals surface area contributed by atoms with Crippen LogP contribution in [0.25, 0.3) is 11.0 Å². The number of aliphatic hydroxyl groups is 1. The summed E-state index contributed by atoms with van der Waals surface area (Å²) in [6.45, 7) is 7.55. The minimum absolute atomic E-state index is 0.0681. The van der Waals surface area contributed by atoms with Crippen LogP contribution in [0.1, 0.15) is 51.1 Å². The van der Waals surface area contributed by atoms with E-state index in [-0.39, 0.29) is 30.1 Å². The van der Waals surface area contributed by atoms with Crippen LogP contribution in [0.2, 0.25) is 0 Å². The molecule has 1 unspecified atom stereocenters. The predicted molar refractivity (Wildman–Crippen MR) is 121 cm³/mol. The first-order valence-corrected chi connectivity index (χ1v) is 11.8. The third kappa shape index (κ3) is 5.04. The lowest BCUT2D eigenvalue weighted by Gasteiger charge is -2.41. The molecule has 4 rings (SSSR count). The van der Waals surface area contributed by atoms with Crippen LogP contribution < -0.4 is 0 Å². The highest BCUT2D eigenvalue weighted by atomic mass is 19.1. The number of aromatic nitrogens is 1. The molecule has 0 spiro atoms. The fourth-order valence-electron chi connectivity index (χ4n) is 5.09. The Morgan fingerprint density at radius 2 is 2.06 bits per heavy atom. The normalized spacial score (nSPS) is 22.6. The fraction of sp³-hybridized carbons (Fsp3) is 0.625. The summed E-state index contributed by atoms with van der Waals surface area (Å²) in [6.07, 6.45) is 2.83. The highest BCUT2D eigenvalue weighted by molar-refractivity contribution is 5.86. The van der Waals surface area contributed by atoms with Crippen molar-refractivity contribution in [2.45, 2.75) is 51.0 Å². The number of likely N-dealkylation sites (N-methyl/N-ethyl adjacent to an activating group) is 1. The van der Waals surface area contributed by atoms with Gasteiger partial charge in [-0.15, -0.1) is 0 Å². The summed E-state index contributed by atoms with van der Waals surface area (Å²) in [4.78, 5) is 30.4. The largest absolute Gasteiger partial charge is 0.378 e. The van der Waals surface area contributed by atoms with Crippen molar-refractivity contribution in [1.82, 2.24) is 19.9 Å². The molecule has 0 radical (unpaired) electrons. The van der Waals surface area contributed by atoms with E-state index in [1.807, 2.05) is 6.92 Å². The van der Waals surface area contributed by atoms with E-state index in [1.54, 1.807) is 15.9 Å². The molecule has 2 amide bonds. The number of piperidine rings is 2. The second-order valence-corrected chi connectivity index (χ2v) is 9.28. The number of carbonyl (C=O) groups excluding carboxylic acids is 2. The van der Waals surface area contributed by atoms with Gasteiger partial charge in [-0.25, -0.2) is 4.39 Å². The molecule has 1 atom stereocenters. The van der Waals surface area contributed by atoms with Gasteiger partial charge in [0, 0.05) is 50.5 Å². The Bertz CT molecular complexity index is 1000. The third-order valence-electron chi connectivity index (χ3n) is 7.11. The quantitative estimate of drug-likeness (QED) is 0.712. The molecule has 8 nitrogen and oxygen atoms in total. The van der Waals surface area contributed by atoms with Gasteiger partial charge in [0.15, 0.2) is 11.2 Å². The van der Waals surface area contributed by atoms with Gasteiger partial charge in [0.25, 0.3) is 5.91 Å². The molecular formula is C24H33FN4O4. The molecule has 3 heterocycles. The van der Waals surface area contributed by atoms with Crippen molar-refractivity contribution < 1.29 is 23.6 Å². The minimum Gasteiger partial charge on any atom is -0.378 e. The standard InChI is InChI=1S/C24H33FN4O4/c1-3-28(23(31)24(32)9-4-10-29(16-24)17(2)30)14-13-27-11-7-18(8-12-27)22-20-6-5-19(25)15-21(20)33-26-22/h5-6,15,18,32H,3-4,7-14,16H2,1-2H3. The molecular weight excluding hydrogens is 427 g/mol. The molecule has 0 bridgehead atoms. The van der Waals surface area contributed by atoms with Crippen molar-refractivity contribution in [3.05, 3.63) is 29.7 Å². The number of hydrogen-bond donors (Lipinski definition) is 1. The Morgan fingerprint density at radius 1 is 1.30 bits per heavy atom. The number of β-amino-alcohol motifs (C(OH)–C–C–N with tert-alkyl or cyclic N) is 1. The smallest absolute Gasteiger partial charge is 0.256 e. The molecule has 2 aliphatic rings. The number of nitrogens with zero attached hydrogens (tertiary/aromatic N) is 4. The van der Waals surface area contributed by atoms with Crippen molar-refractivity contribution in [3.63, 3.8) is 0 Å². The van der Waals surface area contributed by atoms with Crippen LogP contribution in [-0.2, 0) is 9.59 Å². The number of carbonyl (C=O) groups is 2. The molecule has 1 aromatic carbocycles. The van der Waals surface area contributed by atoms with E-state index >= 15 is 0 Å². The van der Waals surface area contributed by atoms with Crippen LogP contribution in [-0.4, -0.2) is 88.2 Å². The SMILES string of the molecule is CCN(CCN1CCC(c2noc3cc(F)ccc23)CC1)C(=O)C1(O)CCCN(C(C)=O)C1. The van der Waals surface area contributed by atoms with Gasteiger partial charge >= 0.3 is 0 Å². The van der Waals surface area contributed by atoms with Crippen LogP contribution >= 0.6 is 0 Å². The Morgan fingerprint density at radius 3 is 2.76 bits per heavy atom. The van der Waals surface area contributed by atoms with Gasteiger partial charge in [0.2, 0.25) is 5.91 Å². The van der Waals surface area contributed by atoms with Gasteiger partial charge in [-0.3, -0.25) is 9.59 Å². The van der Waals surface area contributed by atoms with Crippen LogP contribution in [0, 0.1) is 5.82 Å². The number of rotatable bonds is 6. The van der Waals surface area contributed by atoms with Gasteiger partial charge in [-0.1, -0.05) is 5.16 Å². The zero-order chi connectivity index (χ0) is 23.6. The van der Waals surface area contributed by atoms with Gasteiger partial charge in [0.05, 0.1) is 12.2 Å².